The molecule has 1 saturated heterocycles. The summed E-state index contributed by atoms with van der Waals surface area (Å²) in [6.45, 7) is 3.58. The third kappa shape index (κ3) is 3.79. The van der Waals surface area contributed by atoms with E-state index in [0.717, 1.165) is 12.0 Å². The predicted molar refractivity (Wildman–Crippen MR) is 88.9 cm³/mol. The summed E-state index contributed by atoms with van der Waals surface area (Å²) in [5.74, 6) is -0.263. The summed E-state index contributed by atoms with van der Waals surface area (Å²) < 4.78 is 5.14. The average molecular weight is 342 g/mol. The molecule has 0 bridgehead atoms. The van der Waals surface area contributed by atoms with Crippen LogP contribution in [-0.2, 0) is 11.3 Å². The second kappa shape index (κ2) is 7.51. The normalized spacial score (nSPS) is 25.3. The highest BCUT2D eigenvalue weighted by Crippen LogP contribution is 2.37. The molecule has 0 spiro atoms. The van der Waals surface area contributed by atoms with Crippen LogP contribution in [0.4, 0.5) is 0 Å². The third-order valence-corrected chi connectivity index (χ3v) is 4.98. The Balaban J connectivity index is 2.05. The van der Waals surface area contributed by atoms with Crippen molar-refractivity contribution in [1.82, 2.24) is 4.90 Å². The van der Waals surface area contributed by atoms with Crippen molar-refractivity contribution in [3.05, 3.63) is 28.8 Å². The number of nitrogens with zero attached hydrogens (tertiary/aromatic N) is 1. The van der Waals surface area contributed by atoms with Gasteiger partial charge in [0.2, 0.25) is 0 Å². The summed E-state index contributed by atoms with van der Waals surface area (Å²) in [6.07, 6.45) is 0.854. The van der Waals surface area contributed by atoms with Gasteiger partial charge in [-0.25, -0.2) is 0 Å². The molecular weight excluding hydrogens is 318 g/mol. The van der Waals surface area contributed by atoms with Crippen LogP contribution in [0.3, 0.4) is 0 Å². The average Bonchev–Trinajstić information content (AvgIpc) is 2.50. The van der Waals surface area contributed by atoms with Gasteiger partial charge in [-0.2, -0.15) is 0 Å². The van der Waals surface area contributed by atoms with Crippen LogP contribution < -0.4 is 4.74 Å². The number of carboxylic acids is 1. The molecule has 0 unspecified atom stereocenters. The molecule has 0 aromatic heterocycles. The summed E-state index contributed by atoms with van der Waals surface area (Å²) >= 11 is 6.13. The molecule has 23 heavy (non-hydrogen) atoms. The number of ether oxygens (including phenoxy) is 1. The molecule has 1 aromatic carbocycles. The van der Waals surface area contributed by atoms with Gasteiger partial charge in [0.15, 0.2) is 0 Å². The number of carbonyl (C=O) groups is 1. The lowest BCUT2D eigenvalue weighted by Crippen LogP contribution is -2.54. The molecular formula is C17H24ClNO4. The second-order valence-corrected chi connectivity index (χ2v) is 6.59. The number of rotatable bonds is 6. The minimum Gasteiger partial charge on any atom is -0.495 e. The van der Waals surface area contributed by atoms with Crippen molar-refractivity contribution in [3.63, 3.8) is 0 Å². The minimum absolute atomic E-state index is 0.357. The van der Waals surface area contributed by atoms with Crippen LogP contribution >= 0.6 is 11.6 Å². The van der Waals surface area contributed by atoms with E-state index in [2.05, 4.69) is 4.90 Å². The number of benzene rings is 1. The van der Waals surface area contributed by atoms with E-state index in [1.165, 1.54) is 0 Å². The first kappa shape index (κ1) is 18.0. The molecule has 2 N–H and O–H groups in total. The van der Waals surface area contributed by atoms with E-state index in [-0.39, 0.29) is 0 Å². The Morgan fingerprint density at radius 1 is 1.52 bits per heavy atom. The number of piperidine rings is 1. The number of aliphatic hydroxyl groups excluding tert-OH is 1. The molecule has 0 aliphatic carbocycles. The monoisotopic (exact) mass is 341 g/mol. The Morgan fingerprint density at radius 3 is 2.78 bits per heavy atom. The van der Waals surface area contributed by atoms with Gasteiger partial charge in [0.1, 0.15) is 5.75 Å². The number of hydrogen-bond acceptors (Lipinski definition) is 4. The molecule has 0 saturated carbocycles. The topological polar surface area (TPSA) is 70.0 Å². The van der Waals surface area contributed by atoms with Gasteiger partial charge < -0.3 is 14.9 Å². The van der Waals surface area contributed by atoms with Crippen LogP contribution in [0.5, 0.6) is 5.75 Å². The largest absolute Gasteiger partial charge is 0.495 e. The number of aliphatic carboxylic acids is 1. The van der Waals surface area contributed by atoms with E-state index in [9.17, 15) is 15.0 Å². The molecule has 6 heteroatoms. The summed E-state index contributed by atoms with van der Waals surface area (Å²) in [7, 11) is 1.57. The van der Waals surface area contributed by atoms with Gasteiger partial charge in [0.25, 0.3) is 0 Å². The Kier molecular flexibility index (Phi) is 5.89. The molecule has 5 nitrogen and oxygen atoms in total. The molecule has 1 fully saturated rings. The van der Waals surface area contributed by atoms with Crippen molar-refractivity contribution >= 4 is 17.6 Å². The lowest BCUT2D eigenvalue weighted by molar-refractivity contribution is -0.164. The van der Waals surface area contributed by atoms with Gasteiger partial charge in [0, 0.05) is 13.1 Å². The van der Waals surface area contributed by atoms with Crippen molar-refractivity contribution in [2.24, 2.45) is 5.41 Å². The number of β-amino-alcohol motifs (C(OH)–C–C–N with tert-alkyl or cyclic N) is 1. The first-order valence-electron chi connectivity index (χ1n) is 7.89. The SMILES string of the molecule is CCC[C@]1(C(=O)O)CCN(Cc2ccc(OC)c(Cl)c2)C[C@@H]1O. The molecule has 1 aromatic rings. The third-order valence-electron chi connectivity index (χ3n) is 4.69. The van der Waals surface area contributed by atoms with Gasteiger partial charge in [0.05, 0.1) is 23.7 Å². The number of likely N-dealkylation sites (tertiary alicyclic amines) is 1. The fourth-order valence-corrected chi connectivity index (χ4v) is 3.62. The van der Waals surface area contributed by atoms with Gasteiger partial charge in [-0.05, 0) is 37.1 Å². The minimum atomic E-state index is -1.01. The smallest absolute Gasteiger partial charge is 0.312 e. The standard InChI is InChI=1S/C17H24ClNO4/c1-3-6-17(16(21)22)7-8-19(11-15(17)20)10-12-4-5-14(23-2)13(18)9-12/h4-5,9,15,20H,3,6-8,10-11H2,1-2H3,(H,21,22)/t15-,17-/m0/s1. The van der Waals surface area contributed by atoms with Gasteiger partial charge in [-0.3, -0.25) is 9.69 Å². The molecule has 2 atom stereocenters. The van der Waals surface area contributed by atoms with Crippen LogP contribution in [0, 0.1) is 5.41 Å². The lowest BCUT2D eigenvalue weighted by Gasteiger charge is -2.42. The van der Waals surface area contributed by atoms with Crippen molar-refractivity contribution in [3.8, 4) is 5.75 Å². The predicted octanol–water partition coefficient (Wildman–Crippen LogP) is 2.79. The zero-order valence-electron chi connectivity index (χ0n) is 13.6. The summed E-state index contributed by atoms with van der Waals surface area (Å²) in [6, 6.07) is 5.59. The Hall–Kier alpha value is -1.30. The van der Waals surface area contributed by atoms with Gasteiger partial charge >= 0.3 is 5.97 Å². The van der Waals surface area contributed by atoms with E-state index in [1.807, 2.05) is 25.1 Å². The zero-order chi connectivity index (χ0) is 17.0. The molecule has 1 aliphatic rings. The quantitative estimate of drug-likeness (QED) is 0.832. The highest BCUT2D eigenvalue weighted by atomic mass is 35.5. The summed E-state index contributed by atoms with van der Waals surface area (Å²) in [4.78, 5) is 13.7. The Morgan fingerprint density at radius 2 is 2.26 bits per heavy atom. The fourth-order valence-electron chi connectivity index (χ4n) is 3.34. The Labute approximate surface area is 141 Å². The highest BCUT2D eigenvalue weighted by Gasteiger charge is 2.47. The van der Waals surface area contributed by atoms with E-state index < -0.39 is 17.5 Å². The van der Waals surface area contributed by atoms with Crippen LogP contribution in [0.2, 0.25) is 5.02 Å². The van der Waals surface area contributed by atoms with Crippen LogP contribution in [0.15, 0.2) is 18.2 Å². The number of hydrogen-bond donors (Lipinski definition) is 2. The maximum Gasteiger partial charge on any atom is 0.312 e. The van der Waals surface area contributed by atoms with Crippen LogP contribution in [0.25, 0.3) is 0 Å². The van der Waals surface area contributed by atoms with E-state index in [1.54, 1.807) is 7.11 Å². The first-order valence-corrected chi connectivity index (χ1v) is 8.27. The number of aliphatic hydroxyl groups is 1. The summed E-state index contributed by atoms with van der Waals surface area (Å²) in [5, 5.41) is 20.5. The molecule has 0 amide bonds. The first-order chi connectivity index (χ1) is 10.9. The molecule has 0 radical (unpaired) electrons. The van der Waals surface area contributed by atoms with Crippen LogP contribution in [0.1, 0.15) is 31.7 Å². The number of carboxylic acid groups (broad SMARTS) is 1. The number of halogens is 1. The van der Waals surface area contributed by atoms with Crippen molar-refractivity contribution < 1.29 is 19.7 Å². The van der Waals surface area contributed by atoms with E-state index >= 15 is 0 Å². The van der Waals surface area contributed by atoms with Gasteiger partial charge in [-0.15, -0.1) is 0 Å². The molecule has 2 rings (SSSR count). The van der Waals surface area contributed by atoms with Crippen molar-refractivity contribution in [2.45, 2.75) is 38.8 Å². The summed E-state index contributed by atoms with van der Waals surface area (Å²) in [5.41, 5.74) is 0.00400. The lowest BCUT2D eigenvalue weighted by atomic mass is 9.73. The molecule has 1 aliphatic heterocycles. The second-order valence-electron chi connectivity index (χ2n) is 6.18. The van der Waals surface area contributed by atoms with Crippen molar-refractivity contribution in [1.29, 1.82) is 0 Å². The number of methoxy groups -OCH3 is 1. The molecule has 128 valence electrons. The maximum atomic E-state index is 11.6. The fraction of sp³-hybridized carbons (Fsp3) is 0.588. The maximum absolute atomic E-state index is 11.6. The highest BCUT2D eigenvalue weighted by molar-refractivity contribution is 6.32. The van der Waals surface area contributed by atoms with Gasteiger partial charge in [-0.1, -0.05) is 31.0 Å². The van der Waals surface area contributed by atoms with Crippen LogP contribution in [-0.4, -0.2) is 47.4 Å². The Bertz CT molecular complexity index is 566. The zero-order valence-corrected chi connectivity index (χ0v) is 14.3. The van der Waals surface area contributed by atoms with Crippen molar-refractivity contribution in [2.75, 3.05) is 20.2 Å². The van der Waals surface area contributed by atoms with E-state index in [4.69, 9.17) is 16.3 Å². The van der Waals surface area contributed by atoms with E-state index in [0.29, 0.717) is 43.2 Å². The molecule has 1 heterocycles.